The first kappa shape index (κ1) is 14.2. The standard InChI is InChI=1S/C13H20N2O3/c1-14-13(16)15(2)8-7-10-5-6-11(17-3)12(9-10)18-4/h5-6,9H,7-8H2,1-4H3,(H,14,16). The second kappa shape index (κ2) is 6.74. The van der Waals surface area contributed by atoms with Gasteiger partial charge in [-0.05, 0) is 24.1 Å². The summed E-state index contributed by atoms with van der Waals surface area (Å²) in [4.78, 5) is 13.0. The lowest BCUT2D eigenvalue weighted by molar-refractivity contribution is 0.211. The molecule has 2 amide bonds. The van der Waals surface area contributed by atoms with E-state index >= 15 is 0 Å². The number of urea groups is 1. The minimum Gasteiger partial charge on any atom is -0.493 e. The van der Waals surface area contributed by atoms with E-state index in [4.69, 9.17) is 9.47 Å². The Bertz CT molecular complexity index is 407. The Labute approximate surface area is 108 Å². The van der Waals surface area contributed by atoms with Crippen LogP contribution in [-0.2, 0) is 6.42 Å². The minimum atomic E-state index is -0.0875. The summed E-state index contributed by atoms with van der Waals surface area (Å²) in [5.74, 6) is 1.42. The summed E-state index contributed by atoms with van der Waals surface area (Å²) in [6.07, 6.45) is 0.768. The number of rotatable bonds is 5. The van der Waals surface area contributed by atoms with E-state index in [2.05, 4.69) is 5.32 Å². The van der Waals surface area contributed by atoms with Crippen molar-refractivity contribution in [1.29, 1.82) is 0 Å². The van der Waals surface area contributed by atoms with Crippen LogP contribution in [0.3, 0.4) is 0 Å². The van der Waals surface area contributed by atoms with Gasteiger partial charge in [0.05, 0.1) is 14.2 Å². The molecule has 0 saturated heterocycles. The van der Waals surface area contributed by atoms with Gasteiger partial charge < -0.3 is 19.7 Å². The van der Waals surface area contributed by atoms with Gasteiger partial charge in [0.2, 0.25) is 0 Å². The summed E-state index contributed by atoms with van der Waals surface area (Å²) in [5.41, 5.74) is 1.10. The highest BCUT2D eigenvalue weighted by molar-refractivity contribution is 5.73. The summed E-state index contributed by atoms with van der Waals surface area (Å²) in [6.45, 7) is 0.648. The molecular formula is C13H20N2O3. The van der Waals surface area contributed by atoms with Crippen LogP contribution < -0.4 is 14.8 Å². The van der Waals surface area contributed by atoms with Crippen molar-refractivity contribution in [2.24, 2.45) is 0 Å². The van der Waals surface area contributed by atoms with Crippen LogP contribution in [0.15, 0.2) is 18.2 Å². The van der Waals surface area contributed by atoms with Crippen molar-refractivity contribution >= 4 is 6.03 Å². The molecule has 0 aliphatic carbocycles. The number of methoxy groups -OCH3 is 2. The monoisotopic (exact) mass is 252 g/mol. The van der Waals surface area contributed by atoms with Gasteiger partial charge >= 0.3 is 6.03 Å². The number of nitrogens with one attached hydrogen (secondary N) is 1. The largest absolute Gasteiger partial charge is 0.493 e. The molecule has 1 rings (SSSR count). The van der Waals surface area contributed by atoms with Gasteiger partial charge in [0.1, 0.15) is 0 Å². The third-order valence-electron chi connectivity index (χ3n) is 2.74. The van der Waals surface area contributed by atoms with E-state index in [1.54, 1.807) is 33.2 Å². The first-order valence-corrected chi connectivity index (χ1v) is 5.76. The van der Waals surface area contributed by atoms with E-state index in [0.29, 0.717) is 18.0 Å². The molecular weight excluding hydrogens is 232 g/mol. The summed E-state index contributed by atoms with van der Waals surface area (Å²) >= 11 is 0. The van der Waals surface area contributed by atoms with Crippen LogP contribution >= 0.6 is 0 Å². The predicted octanol–water partition coefficient (Wildman–Crippen LogP) is 1.52. The van der Waals surface area contributed by atoms with Gasteiger partial charge in [-0.25, -0.2) is 4.79 Å². The Morgan fingerprint density at radius 3 is 2.50 bits per heavy atom. The van der Waals surface area contributed by atoms with Gasteiger partial charge in [-0.15, -0.1) is 0 Å². The van der Waals surface area contributed by atoms with Gasteiger partial charge in [0.25, 0.3) is 0 Å². The number of carbonyl (C=O) groups excluding carboxylic acids is 1. The highest BCUT2D eigenvalue weighted by atomic mass is 16.5. The van der Waals surface area contributed by atoms with Crippen LogP contribution in [0.25, 0.3) is 0 Å². The first-order chi connectivity index (χ1) is 8.62. The predicted molar refractivity (Wildman–Crippen MR) is 70.3 cm³/mol. The molecule has 5 nitrogen and oxygen atoms in total. The average Bonchev–Trinajstić information content (AvgIpc) is 2.43. The smallest absolute Gasteiger partial charge is 0.316 e. The fourth-order valence-electron chi connectivity index (χ4n) is 1.63. The Morgan fingerprint density at radius 1 is 1.28 bits per heavy atom. The first-order valence-electron chi connectivity index (χ1n) is 5.76. The van der Waals surface area contributed by atoms with Crippen LogP contribution in [0.4, 0.5) is 4.79 Å². The lowest BCUT2D eigenvalue weighted by Crippen LogP contribution is -2.36. The fourth-order valence-corrected chi connectivity index (χ4v) is 1.63. The number of benzene rings is 1. The quantitative estimate of drug-likeness (QED) is 0.864. The Morgan fingerprint density at radius 2 is 1.94 bits per heavy atom. The molecule has 1 N–H and O–H groups in total. The number of ether oxygens (including phenoxy) is 2. The SMILES string of the molecule is CNC(=O)N(C)CCc1ccc(OC)c(OC)c1. The zero-order chi connectivity index (χ0) is 13.5. The van der Waals surface area contributed by atoms with Gasteiger partial charge in [-0.3, -0.25) is 0 Å². The highest BCUT2D eigenvalue weighted by Crippen LogP contribution is 2.27. The average molecular weight is 252 g/mol. The fraction of sp³-hybridized carbons (Fsp3) is 0.462. The molecule has 0 saturated carbocycles. The molecule has 100 valence electrons. The second-order valence-corrected chi connectivity index (χ2v) is 3.92. The zero-order valence-electron chi connectivity index (χ0n) is 11.3. The number of hydrogen-bond acceptors (Lipinski definition) is 3. The minimum absolute atomic E-state index is 0.0875. The third-order valence-corrected chi connectivity index (χ3v) is 2.74. The lowest BCUT2D eigenvalue weighted by Gasteiger charge is -2.16. The Kier molecular flexibility index (Phi) is 5.30. The summed E-state index contributed by atoms with van der Waals surface area (Å²) in [5, 5.41) is 2.58. The van der Waals surface area contributed by atoms with Crippen LogP contribution in [0, 0.1) is 0 Å². The molecule has 18 heavy (non-hydrogen) atoms. The molecule has 0 aliphatic heterocycles. The molecule has 1 aromatic rings. The number of amides is 2. The molecule has 0 unspecified atom stereocenters. The van der Waals surface area contributed by atoms with E-state index in [-0.39, 0.29) is 6.03 Å². The van der Waals surface area contributed by atoms with E-state index in [1.807, 2.05) is 18.2 Å². The molecule has 0 heterocycles. The van der Waals surface area contributed by atoms with E-state index in [0.717, 1.165) is 12.0 Å². The van der Waals surface area contributed by atoms with Crippen LogP contribution in [0.2, 0.25) is 0 Å². The van der Waals surface area contributed by atoms with E-state index < -0.39 is 0 Å². The van der Waals surface area contributed by atoms with Crippen molar-refractivity contribution in [3.05, 3.63) is 23.8 Å². The normalized spacial score (nSPS) is 9.78. The molecule has 0 aliphatic rings. The maximum atomic E-state index is 11.3. The van der Waals surface area contributed by atoms with Gasteiger partial charge in [-0.2, -0.15) is 0 Å². The number of carbonyl (C=O) groups is 1. The summed E-state index contributed by atoms with van der Waals surface area (Å²) < 4.78 is 10.4. The van der Waals surface area contributed by atoms with Crippen LogP contribution in [-0.4, -0.2) is 45.8 Å². The zero-order valence-corrected chi connectivity index (χ0v) is 11.3. The molecule has 5 heteroatoms. The molecule has 0 bridgehead atoms. The number of nitrogens with zero attached hydrogens (tertiary/aromatic N) is 1. The third kappa shape index (κ3) is 3.55. The second-order valence-electron chi connectivity index (χ2n) is 3.92. The Balaban J connectivity index is 2.65. The molecule has 1 aromatic carbocycles. The number of hydrogen-bond donors (Lipinski definition) is 1. The van der Waals surface area contributed by atoms with Gasteiger partial charge in [0.15, 0.2) is 11.5 Å². The number of likely N-dealkylation sites (N-methyl/N-ethyl adjacent to an activating group) is 1. The maximum absolute atomic E-state index is 11.3. The molecule has 0 radical (unpaired) electrons. The van der Waals surface area contributed by atoms with Gasteiger partial charge in [-0.1, -0.05) is 6.07 Å². The van der Waals surface area contributed by atoms with Crippen molar-refractivity contribution in [3.63, 3.8) is 0 Å². The van der Waals surface area contributed by atoms with Crippen LogP contribution in [0.5, 0.6) is 11.5 Å². The summed E-state index contributed by atoms with van der Waals surface area (Å²) in [7, 11) is 6.60. The molecule has 0 spiro atoms. The molecule has 0 fully saturated rings. The maximum Gasteiger partial charge on any atom is 0.316 e. The Hall–Kier alpha value is -1.91. The topological polar surface area (TPSA) is 50.8 Å². The van der Waals surface area contributed by atoms with Crippen molar-refractivity contribution in [1.82, 2.24) is 10.2 Å². The van der Waals surface area contributed by atoms with Gasteiger partial charge in [0, 0.05) is 20.6 Å². The van der Waals surface area contributed by atoms with Crippen molar-refractivity contribution < 1.29 is 14.3 Å². The van der Waals surface area contributed by atoms with Crippen molar-refractivity contribution in [3.8, 4) is 11.5 Å². The summed E-state index contributed by atoms with van der Waals surface area (Å²) in [6, 6.07) is 5.68. The van der Waals surface area contributed by atoms with Crippen LogP contribution in [0.1, 0.15) is 5.56 Å². The highest BCUT2D eigenvalue weighted by Gasteiger charge is 2.08. The lowest BCUT2D eigenvalue weighted by atomic mass is 10.1. The molecule has 0 aromatic heterocycles. The van der Waals surface area contributed by atoms with Crippen molar-refractivity contribution in [2.75, 3.05) is 34.9 Å². The van der Waals surface area contributed by atoms with Crippen molar-refractivity contribution in [2.45, 2.75) is 6.42 Å². The van der Waals surface area contributed by atoms with E-state index in [9.17, 15) is 4.79 Å². The molecule has 0 atom stereocenters. The van der Waals surface area contributed by atoms with E-state index in [1.165, 1.54) is 0 Å².